The number of hydrogen-bond donors (Lipinski definition) is 1. The van der Waals surface area contributed by atoms with E-state index in [0.29, 0.717) is 12.0 Å². The fraction of sp³-hybridized carbons (Fsp3) is 0.769. The van der Waals surface area contributed by atoms with E-state index in [1.165, 1.54) is 43.6 Å². The summed E-state index contributed by atoms with van der Waals surface area (Å²) in [6.45, 7) is 1.16. The topological polar surface area (TPSA) is 43.8 Å². The van der Waals surface area contributed by atoms with Crippen molar-refractivity contribution in [2.75, 3.05) is 0 Å². The van der Waals surface area contributed by atoms with Gasteiger partial charge in [0.2, 0.25) is 0 Å². The zero-order chi connectivity index (χ0) is 11.8. The van der Waals surface area contributed by atoms with Crippen LogP contribution in [-0.2, 0) is 13.0 Å². The van der Waals surface area contributed by atoms with Gasteiger partial charge < -0.3 is 10.3 Å². The van der Waals surface area contributed by atoms with Gasteiger partial charge in [-0.2, -0.15) is 0 Å². The molecule has 0 amide bonds. The molecular weight excluding hydrogens is 278 g/mol. The molecule has 0 spiro atoms. The number of halogens is 1. The van der Waals surface area contributed by atoms with Gasteiger partial charge in [0.15, 0.2) is 0 Å². The monoisotopic (exact) mass is 297 g/mol. The Balaban J connectivity index is 1.87. The summed E-state index contributed by atoms with van der Waals surface area (Å²) < 4.78 is 3.55. The van der Waals surface area contributed by atoms with Gasteiger partial charge in [-0.3, -0.25) is 0 Å². The van der Waals surface area contributed by atoms with E-state index < -0.39 is 0 Å². The van der Waals surface area contributed by atoms with Gasteiger partial charge in [0, 0.05) is 18.5 Å². The molecule has 2 heterocycles. The first kappa shape index (κ1) is 11.7. The SMILES string of the molecule is NC1CCC(c2nc(Br)c3n2CCCC3)CC1. The third-order valence-corrected chi connectivity index (χ3v) is 4.87. The van der Waals surface area contributed by atoms with Crippen molar-refractivity contribution in [2.24, 2.45) is 5.73 Å². The summed E-state index contributed by atoms with van der Waals surface area (Å²) in [7, 11) is 0. The van der Waals surface area contributed by atoms with Gasteiger partial charge in [-0.25, -0.2) is 4.98 Å². The van der Waals surface area contributed by atoms with Crippen LogP contribution in [0.4, 0.5) is 0 Å². The molecule has 2 aliphatic rings. The van der Waals surface area contributed by atoms with E-state index in [1.807, 2.05) is 0 Å². The molecule has 0 atom stereocenters. The minimum Gasteiger partial charge on any atom is -0.331 e. The summed E-state index contributed by atoms with van der Waals surface area (Å²) in [5.74, 6) is 1.96. The molecular formula is C13H20BrN3. The molecule has 1 aliphatic heterocycles. The van der Waals surface area contributed by atoms with Crippen molar-refractivity contribution < 1.29 is 0 Å². The fourth-order valence-corrected chi connectivity index (χ4v) is 3.81. The molecule has 94 valence electrons. The standard InChI is InChI=1S/C13H20BrN3/c14-12-11-3-1-2-8-17(11)13(16-12)9-4-6-10(15)7-5-9/h9-10H,1-8,15H2. The molecule has 0 radical (unpaired) electrons. The second kappa shape index (κ2) is 4.73. The third kappa shape index (κ3) is 2.17. The molecule has 0 unspecified atom stereocenters. The molecule has 0 aromatic carbocycles. The number of hydrogen-bond acceptors (Lipinski definition) is 2. The summed E-state index contributed by atoms with van der Waals surface area (Å²) in [6.07, 6.45) is 8.53. The highest BCUT2D eigenvalue weighted by atomic mass is 79.9. The lowest BCUT2D eigenvalue weighted by Crippen LogP contribution is -2.27. The Labute approximate surface area is 111 Å². The largest absolute Gasteiger partial charge is 0.331 e. The number of rotatable bonds is 1. The molecule has 1 saturated carbocycles. The smallest absolute Gasteiger partial charge is 0.127 e. The quantitative estimate of drug-likeness (QED) is 0.866. The summed E-state index contributed by atoms with van der Waals surface area (Å²) in [4.78, 5) is 4.78. The fourth-order valence-electron chi connectivity index (χ4n) is 3.21. The molecule has 1 aromatic rings. The highest BCUT2D eigenvalue weighted by molar-refractivity contribution is 9.10. The van der Waals surface area contributed by atoms with Gasteiger partial charge in [-0.15, -0.1) is 0 Å². The average Bonchev–Trinajstić information content (AvgIpc) is 2.69. The second-order valence-corrected chi connectivity index (χ2v) is 6.18. The Bertz CT molecular complexity index is 405. The Hall–Kier alpha value is -0.350. The van der Waals surface area contributed by atoms with E-state index in [1.54, 1.807) is 0 Å². The van der Waals surface area contributed by atoms with Crippen LogP contribution in [0.1, 0.15) is 56.0 Å². The summed E-state index contributed by atoms with van der Waals surface area (Å²) >= 11 is 3.62. The Morgan fingerprint density at radius 1 is 1.18 bits per heavy atom. The highest BCUT2D eigenvalue weighted by Gasteiger charge is 2.27. The van der Waals surface area contributed by atoms with Crippen LogP contribution in [0.5, 0.6) is 0 Å². The van der Waals surface area contributed by atoms with Gasteiger partial charge in [0.1, 0.15) is 10.4 Å². The maximum atomic E-state index is 5.98. The lowest BCUT2D eigenvalue weighted by Gasteiger charge is -2.27. The highest BCUT2D eigenvalue weighted by Crippen LogP contribution is 2.35. The van der Waals surface area contributed by atoms with E-state index in [9.17, 15) is 0 Å². The molecule has 1 aliphatic carbocycles. The third-order valence-electron chi connectivity index (χ3n) is 4.24. The Kier molecular flexibility index (Phi) is 3.26. The first-order valence-corrected chi connectivity index (χ1v) is 7.55. The predicted octanol–water partition coefficient (Wildman–Crippen LogP) is 2.97. The van der Waals surface area contributed by atoms with E-state index in [-0.39, 0.29) is 0 Å². The summed E-state index contributed by atoms with van der Waals surface area (Å²) in [5, 5.41) is 0. The number of nitrogens with two attached hydrogens (primary N) is 1. The van der Waals surface area contributed by atoms with Crippen molar-refractivity contribution in [3.63, 3.8) is 0 Å². The van der Waals surface area contributed by atoms with Crippen molar-refractivity contribution in [2.45, 2.75) is 63.5 Å². The minimum atomic E-state index is 0.422. The summed E-state index contributed by atoms with van der Waals surface area (Å²) in [5.41, 5.74) is 7.40. The first-order chi connectivity index (χ1) is 8.25. The molecule has 1 fully saturated rings. The van der Waals surface area contributed by atoms with Crippen LogP contribution < -0.4 is 5.73 Å². The maximum absolute atomic E-state index is 5.98. The number of imidazole rings is 1. The van der Waals surface area contributed by atoms with Crippen LogP contribution in [-0.4, -0.2) is 15.6 Å². The van der Waals surface area contributed by atoms with Crippen LogP contribution in [0.2, 0.25) is 0 Å². The first-order valence-electron chi connectivity index (χ1n) is 6.76. The molecule has 3 nitrogen and oxygen atoms in total. The zero-order valence-corrected chi connectivity index (χ0v) is 11.7. The Morgan fingerprint density at radius 2 is 1.94 bits per heavy atom. The molecule has 17 heavy (non-hydrogen) atoms. The normalized spacial score (nSPS) is 29.1. The maximum Gasteiger partial charge on any atom is 0.127 e. The van der Waals surface area contributed by atoms with Crippen LogP contribution in [0.25, 0.3) is 0 Å². The van der Waals surface area contributed by atoms with Crippen LogP contribution >= 0.6 is 15.9 Å². The Morgan fingerprint density at radius 3 is 2.71 bits per heavy atom. The van der Waals surface area contributed by atoms with Gasteiger partial charge in [0.25, 0.3) is 0 Å². The van der Waals surface area contributed by atoms with Crippen LogP contribution in [0.3, 0.4) is 0 Å². The van der Waals surface area contributed by atoms with Gasteiger partial charge in [-0.05, 0) is 60.9 Å². The molecule has 1 aromatic heterocycles. The minimum absolute atomic E-state index is 0.422. The average molecular weight is 298 g/mol. The lowest BCUT2D eigenvalue weighted by atomic mass is 9.86. The van der Waals surface area contributed by atoms with Crippen molar-refractivity contribution in [3.8, 4) is 0 Å². The molecule has 2 N–H and O–H groups in total. The van der Waals surface area contributed by atoms with E-state index >= 15 is 0 Å². The van der Waals surface area contributed by atoms with Gasteiger partial charge >= 0.3 is 0 Å². The van der Waals surface area contributed by atoms with E-state index in [4.69, 9.17) is 10.7 Å². The van der Waals surface area contributed by atoms with Gasteiger partial charge in [-0.1, -0.05) is 0 Å². The zero-order valence-electron chi connectivity index (χ0n) is 10.2. The summed E-state index contributed by atoms with van der Waals surface area (Å²) in [6, 6.07) is 0.422. The molecule has 4 heteroatoms. The molecule has 0 saturated heterocycles. The lowest BCUT2D eigenvalue weighted by molar-refractivity contribution is 0.369. The second-order valence-electron chi connectivity index (χ2n) is 5.43. The number of nitrogens with zero attached hydrogens (tertiary/aromatic N) is 2. The van der Waals surface area contributed by atoms with Crippen molar-refractivity contribution in [1.29, 1.82) is 0 Å². The van der Waals surface area contributed by atoms with Crippen molar-refractivity contribution in [1.82, 2.24) is 9.55 Å². The van der Waals surface area contributed by atoms with Gasteiger partial charge in [0.05, 0.1) is 5.69 Å². The molecule has 0 bridgehead atoms. The van der Waals surface area contributed by atoms with E-state index in [2.05, 4.69) is 20.5 Å². The number of aromatic nitrogens is 2. The van der Waals surface area contributed by atoms with Crippen molar-refractivity contribution in [3.05, 3.63) is 16.1 Å². The van der Waals surface area contributed by atoms with Crippen LogP contribution in [0, 0.1) is 0 Å². The predicted molar refractivity (Wildman–Crippen MR) is 72.0 cm³/mol. The molecule has 3 rings (SSSR count). The number of fused-ring (bicyclic) bond motifs is 1. The van der Waals surface area contributed by atoms with Crippen molar-refractivity contribution >= 4 is 15.9 Å². The van der Waals surface area contributed by atoms with Crippen LogP contribution in [0.15, 0.2) is 4.60 Å². The van der Waals surface area contributed by atoms with E-state index in [0.717, 1.165) is 24.0 Å².